The van der Waals surface area contributed by atoms with E-state index in [2.05, 4.69) is 31.2 Å². The second-order valence-corrected chi connectivity index (χ2v) is 6.80. The third-order valence-corrected chi connectivity index (χ3v) is 5.62. The van der Waals surface area contributed by atoms with Gasteiger partial charge in [-0.3, -0.25) is 5.32 Å². The molecule has 3 aliphatic rings. The van der Waals surface area contributed by atoms with E-state index < -0.39 is 0 Å². The molecule has 1 aliphatic heterocycles. The molecule has 2 aliphatic carbocycles. The Morgan fingerprint density at radius 1 is 1.11 bits per heavy atom. The minimum atomic E-state index is 0.520. The lowest BCUT2D eigenvalue weighted by Crippen LogP contribution is -2.29. The quantitative estimate of drug-likeness (QED) is 0.665. The molecule has 1 saturated carbocycles. The van der Waals surface area contributed by atoms with Gasteiger partial charge in [0.05, 0.1) is 5.69 Å². The molecule has 0 amide bonds. The Bertz CT molecular complexity index is 534. The van der Waals surface area contributed by atoms with Crippen LogP contribution >= 0.6 is 0 Å². The summed E-state index contributed by atoms with van der Waals surface area (Å²) < 4.78 is 0. The maximum absolute atomic E-state index is 5.02. The summed E-state index contributed by atoms with van der Waals surface area (Å²) in [6.45, 7) is 2.51. The van der Waals surface area contributed by atoms with Crippen molar-refractivity contribution in [3.8, 4) is 0 Å². The van der Waals surface area contributed by atoms with E-state index in [0.717, 1.165) is 0 Å². The fraction of sp³-hybridized carbons (Fsp3) is 0.556. The van der Waals surface area contributed by atoms with Crippen molar-refractivity contribution in [1.82, 2.24) is 5.32 Å². The summed E-state index contributed by atoms with van der Waals surface area (Å²) in [7, 11) is 0. The van der Waals surface area contributed by atoms with Crippen LogP contribution in [-0.2, 0) is 0 Å². The average Bonchev–Trinajstić information content (AvgIpc) is 3.02. The van der Waals surface area contributed by atoms with Gasteiger partial charge in [-0.05, 0) is 49.2 Å². The van der Waals surface area contributed by atoms with Crippen LogP contribution in [0.15, 0.2) is 30.0 Å². The summed E-state index contributed by atoms with van der Waals surface area (Å²) >= 11 is 0. The third-order valence-electron chi connectivity index (χ3n) is 5.62. The Labute approximate surface area is 116 Å². The summed E-state index contributed by atoms with van der Waals surface area (Å²) in [6.07, 6.45) is 9.59. The number of allylic oxidation sites excluding steroid dienone is 2. The molecule has 0 saturated heterocycles. The predicted molar refractivity (Wildman–Crippen MR) is 79.1 cm³/mol. The van der Waals surface area contributed by atoms with E-state index in [0.29, 0.717) is 11.3 Å². The van der Waals surface area contributed by atoms with Gasteiger partial charge in [-0.2, -0.15) is 0 Å². The van der Waals surface area contributed by atoms with Crippen molar-refractivity contribution in [1.29, 1.82) is 0 Å². The summed E-state index contributed by atoms with van der Waals surface area (Å²) in [5.41, 5.74) is 6.19. The molecule has 4 rings (SSSR count). The molecule has 1 aromatic rings. The second-order valence-electron chi connectivity index (χ2n) is 6.80. The van der Waals surface area contributed by atoms with Crippen LogP contribution in [0.1, 0.15) is 57.4 Å². The van der Waals surface area contributed by atoms with Crippen molar-refractivity contribution in [3.63, 3.8) is 0 Å². The summed E-state index contributed by atoms with van der Waals surface area (Å²) in [5.74, 6) is 0.714. The van der Waals surface area contributed by atoms with Crippen molar-refractivity contribution in [2.75, 3.05) is 0 Å². The van der Waals surface area contributed by atoms with Crippen molar-refractivity contribution in [2.24, 2.45) is 11.3 Å². The van der Waals surface area contributed by atoms with Gasteiger partial charge in [-0.1, -0.05) is 38.0 Å². The lowest BCUT2D eigenvalue weighted by molar-refractivity contribution is 0.201. The summed E-state index contributed by atoms with van der Waals surface area (Å²) in [4.78, 5) is 0. The highest BCUT2D eigenvalue weighted by Crippen LogP contribution is 2.54. The first-order valence-corrected chi connectivity index (χ1v) is 7.82. The van der Waals surface area contributed by atoms with Crippen LogP contribution < -0.4 is 5.32 Å². The number of hydrogen-bond donors (Lipinski definition) is 0. The molecule has 0 spiro atoms. The molecule has 1 unspecified atom stereocenters. The Balaban J connectivity index is 1.75. The van der Waals surface area contributed by atoms with Crippen LogP contribution in [0, 0.1) is 11.3 Å². The maximum Gasteiger partial charge on any atom is 0.0708 e. The fourth-order valence-corrected chi connectivity index (χ4v) is 4.54. The van der Waals surface area contributed by atoms with Crippen LogP contribution in [0.25, 0.3) is 5.57 Å². The van der Waals surface area contributed by atoms with Gasteiger partial charge in [0.2, 0.25) is 0 Å². The Hall–Kier alpha value is -1.24. The highest BCUT2D eigenvalue weighted by atomic mass is 14.9. The number of nitrogens with zero attached hydrogens (tertiary/aromatic N) is 1. The SMILES string of the molecule is CC1(C2CCCC3=C2[N]c2ccccc23)CCCC1. The highest BCUT2D eigenvalue weighted by Gasteiger charge is 2.43. The number of para-hydroxylation sites is 1. The number of benzene rings is 1. The zero-order valence-electron chi connectivity index (χ0n) is 11.8. The Kier molecular flexibility index (Phi) is 2.51. The highest BCUT2D eigenvalue weighted by molar-refractivity contribution is 5.82. The van der Waals surface area contributed by atoms with Gasteiger partial charge in [0.15, 0.2) is 0 Å². The molecule has 1 radical (unpaired) electrons. The molecule has 19 heavy (non-hydrogen) atoms. The minimum absolute atomic E-state index is 0.520. The topological polar surface area (TPSA) is 14.1 Å². The lowest BCUT2D eigenvalue weighted by atomic mass is 9.68. The van der Waals surface area contributed by atoms with E-state index >= 15 is 0 Å². The van der Waals surface area contributed by atoms with Crippen molar-refractivity contribution >= 4 is 11.3 Å². The molecule has 1 nitrogen and oxygen atoms in total. The first-order valence-electron chi connectivity index (χ1n) is 7.82. The number of rotatable bonds is 1. The molecule has 0 N–H and O–H groups in total. The molecular formula is C18H22N. The standard InChI is InChI=1S/C18H22N/c1-18(11-4-5-12-18)15-9-6-8-14-13-7-2-3-10-16(13)19-17(14)15/h2-3,7,10,15H,4-6,8-9,11-12H2,1H3. The fourth-order valence-electron chi connectivity index (χ4n) is 4.54. The van der Waals surface area contributed by atoms with Crippen molar-refractivity contribution in [2.45, 2.75) is 51.9 Å². The smallest absolute Gasteiger partial charge is 0.0708 e. The molecule has 1 heterocycles. The van der Waals surface area contributed by atoms with Gasteiger partial charge >= 0.3 is 0 Å². The van der Waals surface area contributed by atoms with Gasteiger partial charge in [0.25, 0.3) is 0 Å². The van der Waals surface area contributed by atoms with Crippen LogP contribution in [-0.4, -0.2) is 0 Å². The number of hydrogen-bond acceptors (Lipinski definition) is 0. The van der Waals surface area contributed by atoms with Crippen molar-refractivity contribution < 1.29 is 0 Å². The van der Waals surface area contributed by atoms with E-state index in [4.69, 9.17) is 5.32 Å². The van der Waals surface area contributed by atoms with Crippen LogP contribution in [0.5, 0.6) is 0 Å². The normalized spacial score (nSPS) is 27.9. The predicted octanol–water partition coefficient (Wildman–Crippen LogP) is 5.03. The van der Waals surface area contributed by atoms with Crippen LogP contribution in [0.2, 0.25) is 0 Å². The monoisotopic (exact) mass is 252 g/mol. The molecule has 1 fully saturated rings. The summed E-state index contributed by atoms with van der Waals surface area (Å²) in [6, 6.07) is 8.72. The molecule has 0 bridgehead atoms. The molecule has 1 atom stereocenters. The molecule has 1 heteroatoms. The average molecular weight is 252 g/mol. The Morgan fingerprint density at radius 2 is 1.89 bits per heavy atom. The molecule has 0 aromatic heterocycles. The van der Waals surface area contributed by atoms with Gasteiger partial charge in [-0.25, -0.2) is 0 Å². The van der Waals surface area contributed by atoms with E-state index in [1.54, 1.807) is 5.57 Å². The van der Waals surface area contributed by atoms with Crippen LogP contribution in [0.3, 0.4) is 0 Å². The van der Waals surface area contributed by atoms with Gasteiger partial charge in [0.1, 0.15) is 0 Å². The van der Waals surface area contributed by atoms with E-state index in [-0.39, 0.29) is 0 Å². The maximum atomic E-state index is 5.02. The molecule has 99 valence electrons. The lowest BCUT2D eigenvalue weighted by Gasteiger charge is -2.37. The largest absolute Gasteiger partial charge is 0.252 e. The van der Waals surface area contributed by atoms with Gasteiger partial charge in [0, 0.05) is 17.2 Å². The zero-order chi connectivity index (χ0) is 12.9. The second kappa shape index (κ2) is 4.13. The van der Waals surface area contributed by atoms with Gasteiger partial charge < -0.3 is 0 Å². The van der Waals surface area contributed by atoms with Gasteiger partial charge in [-0.15, -0.1) is 0 Å². The zero-order valence-corrected chi connectivity index (χ0v) is 11.8. The first kappa shape index (κ1) is 11.6. The van der Waals surface area contributed by atoms with Crippen molar-refractivity contribution in [3.05, 3.63) is 35.5 Å². The molecule has 1 aromatic carbocycles. The van der Waals surface area contributed by atoms with Crippen LogP contribution in [0.4, 0.5) is 5.69 Å². The Morgan fingerprint density at radius 3 is 2.74 bits per heavy atom. The third kappa shape index (κ3) is 1.67. The minimum Gasteiger partial charge on any atom is -0.252 e. The number of fused-ring (bicyclic) bond motifs is 2. The molecular weight excluding hydrogens is 230 g/mol. The van der Waals surface area contributed by atoms with E-state index in [9.17, 15) is 0 Å². The summed E-state index contributed by atoms with van der Waals surface area (Å²) in [5, 5.41) is 5.02. The van der Waals surface area contributed by atoms with E-state index in [1.165, 1.54) is 61.9 Å². The van der Waals surface area contributed by atoms with E-state index in [1.807, 2.05) is 0 Å². The first-order chi connectivity index (χ1) is 9.28.